The summed E-state index contributed by atoms with van der Waals surface area (Å²) in [5, 5.41) is 2.38. The molecular weight excluding hydrogens is 330 g/mol. The molecule has 0 atom stereocenters. The minimum Gasteiger partial charge on any atom is -0.128 e. The molecule has 0 bridgehead atoms. The van der Waals surface area contributed by atoms with E-state index in [1.807, 2.05) is 18.4 Å². The van der Waals surface area contributed by atoms with Crippen LogP contribution in [0.15, 0.2) is 35.2 Å². The molecule has 0 fully saturated rings. The van der Waals surface area contributed by atoms with Gasteiger partial charge in [-0.05, 0) is 30.5 Å². The highest BCUT2D eigenvalue weighted by molar-refractivity contribution is 7.98. The van der Waals surface area contributed by atoms with E-state index in [-0.39, 0.29) is 0 Å². The van der Waals surface area contributed by atoms with E-state index in [1.54, 1.807) is 30.0 Å². The molecule has 18 heavy (non-hydrogen) atoms. The molecule has 2 aromatic rings. The SMILES string of the molecule is CSc1cc(-c2ccc(Cl)cc2Cl)c(Cl)cc1Cl. The monoisotopic (exact) mass is 336 g/mol. The maximum absolute atomic E-state index is 6.22. The van der Waals surface area contributed by atoms with Crippen LogP contribution in [0, 0.1) is 0 Å². The van der Waals surface area contributed by atoms with Crippen LogP contribution in [0.3, 0.4) is 0 Å². The van der Waals surface area contributed by atoms with Gasteiger partial charge in [-0.25, -0.2) is 0 Å². The van der Waals surface area contributed by atoms with Crippen LogP contribution < -0.4 is 0 Å². The molecule has 0 aliphatic rings. The zero-order valence-electron chi connectivity index (χ0n) is 9.31. The lowest BCUT2D eigenvalue weighted by Gasteiger charge is -2.10. The summed E-state index contributed by atoms with van der Waals surface area (Å²) in [4.78, 5) is 0.960. The van der Waals surface area contributed by atoms with Gasteiger partial charge in [-0.15, -0.1) is 11.8 Å². The number of halogens is 4. The predicted molar refractivity (Wildman–Crippen MR) is 83.7 cm³/mol. The standard InChI is InChI=1S/C13H8Cl4S/c1-18-13-5-9(11(16)6-12(13)17)8-3-2-7(14)4-10(8)15/h2-6H,1H3. The summed E-state index contributed by atoms with van der Waals surface area (Å²) in [6.07, 6.45) is 1.96. The van der Waals surface area contributed by atoms with Crippen LogP contribution in [0.2, 0.25) is 20.1 Å². The maximum Gasteiger partial charge on any atom is 0.0556 e. The van der Waals surface area contributed by atoms with E-state index in [4.69, 9.17) is 46.4 Å². The second kappa shape index (κ2) is 5.94. The van der Waals surface area contributed by atoms with Gasteiger partial charge in [0.1, 0.15) is 0 Å². The third-order valence-corrected chi connectivity index (χ3v) is 4.53. The minimum absolute atomic E-state index is 0.568. The second-order valence-corrected chi connectivity index (χ2v) is 6.10. The largest absolute Gasteiger partial charge is 0.128 e. The van der Waals surface area contributed by atoms with Crippen LogP contribution in [0.25, 0.3) is 11.1 Å². The fraction of sp³-hybridized carbons (Fsp3) is 0.0769. The highest BCUT2D eigenvalue weighted by Crippen LogP contribution is 2.39. The summed E-state index contributed by atoms with van der Waals surface area (Å²) in [7, 11) is 0. The van der Waals surface area contributed by atoms with E-state index in [0.717, 1.165) is 16.0 Å². The van der Waals surface area contributed by atoms with E-state index in [9.17, 15) is 0 Å². The maximum atomic E-state index is 6.22. The molecule has 0 aromatic heterocycles. The molecular formula is C13H8Cl4S. The van der Waals surface area contributed by atoms with Crippen LogP contribution in [-0.2, 0) is 0 Å². The first kappa shape index (κ1) is 14.4. The Morgan fingerprint density at radius 2 is 1.44 bits per heavy atom. The highest BCUT2D eigenvalue weighted by atomic mass is 35.5. The van der Waals surface area contributed by atoms with Gasteiger partial charge >= 0.3 is 0 Å². The number of hydrogen-bond acceptors (Lipinski definition) is 1. The Morgan fingerprint density at radius 1 is 0.778 bits per heavy atom. The molecule has 0 spiro atoms. The summed E-state index contributed by atoms with van der Waals surface area (Å²) in [6.45, 7) is 0. The molecule has 2 rings (SSSR count). The van der Waals surface area contributed by atoms with Gasteiger partial charge in [0.25, 0.3) is 0 Å². The average Bonchev–Trinajstić information content (AvgIpc) is 2.30. The number of rotatable bonds is 2. The van der Waals surface area contributed by atoms with Crippen molar-refractivity contribution in [3.63, 3.8) is 0 Å². The summed E-state index contributed by atoms with van der Waals surface area (Å²) in [6, 6.07) is 9.00. The molecule has 0 aliphatic heterocycles. The van der Waals surface area contributed by atoms with Crippen molar-refractivity contribution in [2.45, 2.75) is 4.90 Å². The van der Waals surface area contributed by atoms with E-state index >= 15 is 0 Å². The number of hydrogen-bond donors (Lipinski definition) is 0. The van der Waals surface area contributed by atoms with E-state index in [2.05, 4.69) is 0 Å². The summed E-state index contributed by atoms with van der Waals surface area (Å²) in [5.41, 5.74) is 1.70. The zero-order chi connectivity index (χ0) is 13.3. The van der Waals surface area contributed by atoms with Crippen LogP contribution in [-0.4, -0.2) is 6.26 Å². The highest BCUT2D eigenvalue weighted by Gasteiger charge is 2.11. The lowest BCUT2D eigenvalue weighted by atomic mass is 10.1. The van der Waals surface area contributed by atoms with E-state index in [1.165, 1.54) is 0 Å². The molecule has 0 heterocycles. The first-order valence-corrected chi connectivity index (χ1v) is 7.75. The van der Waals surface area contributed by atoms with Crippen molar-refractivity contribution in [2.24, 2.45) is 0 Å². The van der Waals surface area contributed by atoms with Gasteiger partial charge in [-0.2, -0.15) is 0 Å². The van der Waals surface area contributed by atoms with Gasteiger partial charge in [0.05, 0.1) is 10.0 Å². The molecule has 0 N–H and O–H groups in total. The predicted octanol–water partition coefficient (Wildman–Crippen LogP) is 6.69. The summed E-state index contributed by atoms with van der Waals surface area (Å²) >= 11 is 26.0. The van der Waals surface area contributed by atoms with Crippen LogP contribution in [0.5, 0.6) is 0 Å². The molecule has 94 valence electrons. The van der Waals surface area contributed by atoms with Gasteiger partial charge in [0.2, 0.25) is 0 Å². The third kappa shape index (κ3) is 2.92. The van der Waals surface area contributed by atoms with Crippen molar-refractivity contribution in [3.05, 3.63) is 50.4 Å². The average molecular weight is 338 g/mol. The van der Waals surface area contributed by atoms with Crippen molar-refractivity contribution in [3.8, 4) is 11.1 Å². The fourth-order valence-corrected chi connectivity index (χ4v) is 3.32. The normalized spacial score (nSPS) is 10.7. The van der Waals surface area contributed by atoms with Crippen molar-refractivity contribution in [1.82, 2.24) is 0 Å². The Hall–Kier alpha value is -0.0500. The van der Waals surface area contributed by atoms with Gasteiger partial charge in [0.15, 0.2) is 0 Å². The Kier molecular flexibility index (Phi) is 4.74. The van der Waals surface area contributed by atoms with Gasteiger partial charge < -0.3 is 0 Å². The number of thioether (sulfide) groups is 1. The fourth-order valence-electron chi connectivity index (χ4n) is 1.60. The molecule has 0 amide bonds. The Balaban J connectivity index is 2.63. The van der Waals surface area contributed by atoms with Gasteiger partial charge in [0, 0.05) is 26.1 Å². The third-order valence-electron chi connectivity index (χ3n) is 2.46. The van der Waals surface area contributed by atoms with Gasteiger partial charge in [-0.1, -0.05) is 52.5 Å². The van der Waals surface area contributed by atoms with Crippen molar-refractivity contribution in [1.29, 1.82) is 0 Å². The molecule has 0 nitrogen and oxygen atoms in total. The summed E-state index contributed by atoms with van der Waals surface area (Å²) < 4.78 is 0. The lowest BCUT2D eigenvalue weighted by Crippen LogP contribution is -1.84. The topological polar surface area (TPSA) is 0 Å². The van der Waals surface area contributed by atoms with Crippen molar-refractivity contribution < 1.29 is 0 Å². The first-order valence-electron chi connectivity index (χ1n) is 5.01. The van der Waals surface area contributed by atoms with Crippen molar-refractivity contribution in [2.75, 3.05) is 6.26 Å². The van der Waals surface area contributed by atoms with Crippen LogP contribution >= 0.6 is 58.2 Å². The Bertz CT molecular complexity index is 596. The smallest absolute Gasteiger partial charge is 0.0556 e. The quantitative estimate of drug-likeness (QED) is 0.550. The van der Waals surface area contributed by atoms with Crippen LogP contribution in [0.4, 0.5) is 0 Å². The lowest BCUT2D eigenvalue weighted by molar-refractivity contribution is 1.46. The van der Waals surface area contributed by atoms with E-state index < -0.39 is 0 Å². The number of benzene rings is 2. The minimum atomic E-state index is 0.568. The van der Waals surface area contributed by atoms with E-state index in [0.29, 0.717) is 20.1 Å². The second-order valence-electron chi connectivity index (χ2n) is 3.59. The van der Waals surface area contributed by atoms with Crippen molar-refractivity contribution >= 4 is 58.2 Å². The molecule has 5 heteroatoms. The Labute approximate surface area is 130 Å². The molecule has 0 radical (unpaired) electrons. The molecule has 2 aromatic carbocycles. The zero-order valence-corrected chi connectivity index (χ0v) is 13.1. The first-order chi connectivity index (χ1) is 8.52. The molecule has 0 saturated carbocycles. The molecule has 0 aliphatic carbocycles. The molecule has 0 unspecified atom stereocenters. The Morgan fingerprint density at radius 3 is 2.06 bits per heavy atom. The van der Waals surface area contributed by atoms with Gasteiger partial charge in [-0.3, -0.25) is 0 Å². The van der Waals surface area contributed by atoms with Crippen LogP contribution in [0.1, 0.15) is 0 Å². The molecule has 0 saturated heterocycles. The summed E-state index contributed by atoms with van der Waals surface area (Å²) in [5.74, 6) is 0.